The molecule has 0 bridgehead atoms. The van der Waals surface area contributed by atoms with Crippen LogP contribution in [0.2, 0.25) is 0 Å². The first kappa shape index (κ1) is 11.0. The summed E-state index contributed by atoms with van der Waals surface area (Å²) in [5.41, 5.74) is 0.0529. The van der Waals surface area contributed by atoms with Crippen LogP contribution in [0.4, 0.5) is 0 Å². The smallest absolute Gasteiger partial charge is 0.104 e. The first-order chi connectivity index (χ1) is 5.98. The van der Waals surface area contributed by atoms with Gasteiger partial charge in [-0.1, -0.05) is 26.7 Å². The van der Waals surface area contributed by atoms with E-state index in [1.54, 1.807) is 0 Å². The normalized spacial score (nSPS) is 29.8. The van der Waals surface area contributed by atoms with Crippen molar-refractivity contribution in [1.29, 1.82) is 0 Å². The number of hydroxylamine groups is 2. The highest BCUT2D eigenvalue weighted by atomic mass is 16.5. The second kappa shape index (κ2) is 3.58. The molecule has 1 N–H and O–H groups in total. The average molecular weight is 185 g/mol. The number of hydrogen-bond acceptors (Lipinski definition) is 1. The van der Waals surface area contributed by atoms with Crippen molar-refractivity contribution >= 4 is 0 Å². The Kier molecular flexibility index (Phi) is 3.03. The van der Waals surface area contributed by atoms with E-state index in [0.29, 0.717) is 5.06 Å². The van der Waals surface area contributed by atoms with Crippen LogP contribution in [0, 0.1) is 5.21 Å². The highest BCUT2D eigenvalue weighted by Crippen LogP contribution is 2.34. The van der Waals surface area contributed by atoms with E-state index >= 15 is 0 Å². The summed E-state index contributed by atoms with van der Waals surface area (Å²) in [5, 5.41) is 12.5. The second-order valence-electron chi connectivity index (χ2n) is 5.17. The van der Waals surface area contributed by atoms with Gasteiger partial charge in [0.05, 0.1) is 12.0 Å². The Morgan fingerprint density at radius 3 is 1.85 bits per heavy atom. The zero-order chi connectivity index (χ0) is 10.1. The van der Waals surface area contributed by atoms with E-state index in [1.807, 2.05) is 0 Å². The van der Waals surface area contributed by atoms with Crippen LogP contribution in [-0.4, -0.2) is 11.1 Å². The topological polar surface area (TPSA) is 27.5 Å². The lowest BCUT2D eigenvalue weighted by Crippen LogP contribution is -3.30. The Labute approximate surface area is 81.9 Å². The molecule has 0 amide bonds. The quantitative estimate of drug-likeness (QED) is 0.665. The molecule has 0 aromatic carbocycles. The zero-order valence-corrected chi connectivity index (χ0v) is 9.44. The fourth-order valence-electron chi connectivity index (χ4n) is 3.10. The summed E-state index contributed by atoms with van der Waals surface area (Å²) in [6, 6.07) is 0. The second-order valence-corrected chi connectivity index (χ2v) is 5.17. The van der Waals surface area contributed by atoms with Crippen LogP contribution < -0.4 is 5.06 Å². The van der Waals surface area contributed by atoms with E-state index < -0.39 is 0 Å². The molecule has 1 rings (SSSR count). The monoisotopic (exact) mass is 185 g/mol. The van der Waals surface area contributed by atoms with E-state index in [2.05, 4.69) is 27.7 Å². The Bertz CT molecular complexity index is 171. The van der Waals surface area contributed by atoms with Crippen molar-refractivity contribution in [1.82, 2.24) is 0 Å². The highest BCUT2D eigenvalue weighted by Gasteiger charge is 2.55. The number of quaternary nitrogens is 1. The van der Waals surface area contributed by atoms with Gasteiger partial charge in [-0.05, 0) is 13.8 Å². The lowest BCUT2D eigenvalue weighted by molar-refractivity contribution is -1.01. The summed E-state index contributed by atoms with van der Waals surface area (Å²) in [4.78, 5) is 0. The molecule has 1 saturated heterocycles. The maximum Gasteiger partial charge on any atom is 0.104 e. The summed E-state index contributed by atoms with van der Waals surface area (Å²) in [6.45, 7) is 8.52. The third-order valence-electron chi connectivity index (χ3n) is 3.33. The van der Waals surface area contributed by atoms with Crippen LogP contribution in [0.15, 0.2) is 0 Å². The summed E-state index contributed by atoms with van der Waals surface area (Å²) in [6.07, 6.45) is 5.59. The van der Waals surface area contributed by atoms with Crippen molar-refractivity contribution in [2.75, 3.05) is 0 Å². The summed E-state index contributed by atoms with van der Waals surface area (Å²) in [7, 11) is 0. The molecule has 0 aromatic heterocycles. The lowest BCUT2D eigenvalue weighted by atomic mass is 9.68. The number of rotatable bonds is 4. The molecule has 78 valence electrons. The molecule has 0 radical (unpaired) electrons. The molecule has 0 aromatic rings. The molecule has 2 nitrogen and oxygen atoms in total. The first-order valence-electron chi connectivity index (χ1n) is 5.53. The SMILES string of the molecule is CCCC1(CCC)CC(C)(C)[NH+]1[O-]. The van der Waals surface area contributed by atoms with Gasteiger partial charge in [-0.2, -0.15) is 0 Å². The predicted octanol–water partition coefficient (Wildman–Crippen LogP) is 1.89. The molecule has 13 heavy (non-hydrogen) atoms. The highest BCUT2D eigenvalue weighted by molar-refractivity contribution is 4.95. The van der Waals surface area contributed by atoms with Crippen LogP contribution in [0.3, 0.4) is 0 Å². The van der Waals surface area contributed by atoms with E-state index in [0.717, 1.165) is 32.1 Å². The van der Waals surface area contributed by atoms with Gasteiger partial charge in [-0.25, -0.2) is 0 Å². The Morgan fingerprint density at radius 1 is 1.15 bits per heavy atom. The van der Waals surface area contributed by atoms with Crippen LogP contribution in [0.5, 0.6) is 0 Å². The van der Waals surface area contributed by atoms with Gasteiger partial charge in [-0.3, -0.25) is 0 Å². The first-order valence-corrected chi connectivity index (χ1v) is 5.53. The van der Waals surface area contributed by atoms with Gasteiger partial charge in [0.25, 0.3) is 0 Å². The minimum Gasteiger partial charge on any atom is -0.634 e. The van der Waals surface area contributed by atoms with Gasteiger partial charge in [0.15, 0.2) is 0 Å². The molecule has 1 aliphatic heterocycles. The van der Waals surface area contributed by atoms with Crippen molar-refractivity contribution in [3.05, 3.63) is 5.21 Å². The van der Waals surface area contributed by atoms with Crippen molar-refractivity contribution in [2.24, 2.45) is 0 Å². The molecule has 1 fully saturated rings. The van der Waals surface area contributed by atoms with Crippen molar-refractivity contribution in [3.63, 3.8) is 0 Å². The molecule has 1 heterocycles. The average Bonchev–Trinajstić information content (AvgIpc) is 2.04. The molecular weight excluding hydrogens is 162 g/mol. The summed E-state index contributed by atoms with van der Waals surface area (Å²) < 4.78 is 0. The van der Waals surface area contributed by atoms with Crippen molar-refractivity contribution in [3.8, 4) is 0 Å². The Morgan fingerprint density at radius 2 is 1.62 bits per heavy atom. The maximum atomic E-state index is 12.0. The fraction of sp³-hybridized carbons (Fsp3) is 1.00. The number of hydrogen-bond donors (Lipinski definition) is 1. The van der Waals surface area contributed by atoms with Crippen LogP contribution in [0.25, 0.3) is 0 Å². The van der Waals surface area contributed by atoms with Gasteiger partial charge < -0.3 is 10.3 Å². The van der Waals surface area contributed by atoms with Crippen LogP contribution in [0.1, 0.15) is 59.8 Å². The van der Waals surface area contributed by atoms with E-state index in [1.165, 1.54) is 0 Å². The molecule has 1 atom stereocenters. The molecule has 1 unspecified atom stereocenters. The van der Waals surface area contributed by atoms with E-state index in [-0.39, 0.29) is 11.1 Å². The molecule has 0 aliphatic carbocycles. The summed E-state index contributed by atoms with van der Waals surface area (Å²) >= 11 is 0. The molecule has 0 saturated carbocycles. The van der Waals surface area contributed by atoms with Gasteiger partial charge in [0, 0.05) is 12.8 Å². The fourth-order valence-corrected chi connectivity index (χ4v) is 3.10. The minimum atomic E-state index is -0.0235. The third kappa shape index (κ3) is 1.75. The predicted molar refractivity (Wildman–Crippen MR) is 55.6 cm³/mol. The van der Waals surface area contributed by atoms with Gasteiger partial charge in [0.1, 0.15) is 5.54 Å². The van der Waals surface area contributed by atoms with E-state index in [4.69, 9.17) is 0 Å². The van der Waals surface area contributed by atoms with Gasteiger partial charge in [0.2, 0.25) is 0 Å². The van der Waals surface area contributed by atoms with Crippen molar-refractivity contribution in [2.45, 2.75) is 70.9 Å². The number of nitrogens with one attached hydrogen (secondary N) is 1. The lowest BCUT2D eigenvalue weighted by Gasteiger charge is -2.62. The zero-order valence-electron chi connectivity index (χ0n) is 9.44. The Hall–Kier alpha value is -0.0800. The van der Waals surface area contributed by atoms with Gasteiger partial charge in [-0.15, -0.1) is 0 Å². The van der Waals surface area contributed by atoms with Crippen LogP contribution >= 0.6 is 0 Å². The van der Waals surface area contributed by atoms with Gasteiger partial charge >= 0.3 is 0 Å². The largest absolute Gasteiger partial charge is 0.634 e. The Balaban J connectivity index is 2.62. The minimum absolute atomic E-state index is 0.0235. The maximum absolute atomic E-state index is 12.0. The molecular formula is C11H23NO. The van der Waals surface area contributed by atoms with E-state index in [9.17, 15) is 5.21 Å². The standard InChI is InChI=1S/C11H23NO/c1-5-7-11(8-6-2)9-10(3,4)12(11)13/h12H,5-9H2,1-4H3. The third-order valence-corrected chi connectivity index (χ3v) is 3.33. The summed E-state index contributed by atoms with van der Waals surface area (Å²) in [5.74, 6) is 0. The van der Waals surface area contributed by atoms with Crippen LogP contribution in [-0.2, 0) is 0 Å². The molecule has 2 heteroatoms. The van der Waals surface area contributed by atoms with Crippen molar-refractivity contribution < 1.29 is 5.06 Å². The molecule has 0 spiro atoms. The molecule has 1 aliphatic rings.